The van der Waals surface area contributed by atoms with Gasteiger partial charge in [0.25, 0.3) is 0 Å². The van der Waals surface area contributed by atoms with Crippen molar-refractivity contribution in [1.29, 1.82) is 0 Å². The third kappa shape index (κ3) is 8.70. The second-order valence-electron chi connectivity index (χ2n) is 8.42. The van der Waals surface area contributed by atoms with Crippen LogP contribution in [0, 0.1) is 5.92 Å². The number of pyridine rings is 1. The number of Topliss-reactive ketones (excluding diaryl/α,β-unsaturated/α-hetero) is 1. The first kappa shape index (κ1) is 27.8. The Labute approximate surface area is 206 Å². The number of aromatic nitrogens is 1. The number of esters is 2. The average molecular weight is 486 g/mol. The molecule has 0 bridgehead atoms. The van der Waals surface area contributed by atoms with Crippen LogP contribution in [0.1, 0.15) is 70.3 Å². The minimum absolute atomic E-state index is 0.0598. The third-order valence-corrected chi connectivity index (χ3v) is 5.44. The first-order chi connectivity index (χ1) is 16.8. The topological polar surface area (TPSA) is 101 Å². The van der Waals surface area contributed by atoms with Crippen molar-refractivity contribution in [2.24, 2.45) is 5.92 Å². The van der Waals surface area contributed by atoms with Crippen LogP contribution < -0.4 is 14.2 Å². The van der Waals surface area contributed by atoms with E-state index in [0.717, 1.165) is 19.3 Å². The maximum Gasteiger partial charge on any atom is 0.309 e. The van der Waals surface area contributed by atoms with Gasteiger partial charge in [-0.1, -0.05) is 44.9 Å². The first-order valence-corrected chi connectivity index (χ1v) is 11.9. The zero-order valence-corrected chi connectivity index (χ0v) is 21.1. The lowest BCUT2D eigenvalue weighted by Crippen LogP contribution is -2.35. The van der Waals surface area contributed by atoms with Crippen LogP contribution in [-0.2, 0) is 14.3 Å². The van der Waals surface area contributed by atoms with Gasteiger partial charge >= 0.3 is 11.9 Å². The van der Waals surface area contributed by atoms with Gasteiger partial charge in [-0.05, 0) is 31.9 Å². The molecule has 0 unspecified atom stereocenters. The molecule has 8 heteroatoms. The summed E-state index contributed by atoms with van der Waals surface area (Å²) in [6, 6.07) is 10.9. The molecular formula is C27H35NO7. The lowest BCUT2D eigenvalue weighted by Gasteiger charge is -2.26. The maximum absolute atomic E-state index is 13.0. The molecule has 0 aliphatic rings. The molecule has 35 heavy (non-hydrogen) atoms. The number of hydrogen-bond acceptors (Lipinski definition) is 8. The van der Waals surface area contributed by atoms with E-state index in [-0.39, 0.29) is 29.7 Å². The molecule has 2 aromatic rings. The van der Waals surface area contributed by atoms with Crippen LogP contribution in [0.3, 0.4) is 0 Å². The predicted octanol–water partition coefficient (Wildman–Crippen LogP) is 5.18. The summed E-state index contributed by atoms with van der Waals surface area (Å²) in [6.45, 7) is 6.82. The summed E-state index contributed by atoms with van der Waals surface area (Å²) in [5.41, 5.74) is -0.0699. The Bertz CT molecular complexity index is 977. The summed E-state index contributed by atoms with van der Waals surface area (Å²) in [5, 5.41) is 0. The maximum atomic E-state index is 13.0. The largest absolute Gasteiger partial charge is 0.493 e. The van der Waals surface area contributed by atoms with Gasteiger partial charge in [0, 0.05) is 25.6 Å². The van der Waals surface area contributed by atoms with Crippen LogP contribution >= 0.6 is 0 Å². The van der Waals surface area contributed by atoms with Crippen molar-refractivity contribution in [2.45, 2.75) is 72.0 Å². The number of ketones is 1. The van der Waals surface area contributed by atoms with E-state index in [0.29, 0.717) is 12.2 Å². The fraction of sp³-hybridized carbons (Fsp3) is 0.481. The van der Waals surface area contributed by atoms with Gasteiger partial charge in [0.15, 0.2) is 17.2 Å². The molecule has 0 radical (unpaired) electrons. The van der Waals surface area contributed by atoms with E-state index in [1.54, 1.807) is 6.92 Å². The molecule has 0 aliphatic carbocycles. The van der Waals surface area contributed by atoms with Crippen molar-refractivity contribution in [1.82, 2.24) is 4.98 Å². The van der Waals surface area contributed by atoms with E-state index in [1.807, 2.05) is 37.3 Å². The number of methoxy groups -OCH3 is 1. The van der Waals surface area contributed by atoms with Gasteiger partial charge < -0.3 is 18.9 Å². The zero-order chi connectivity index (χ0) is 25.8. The van der Waals surface area contributed by atoms with E-state index in [4.69, 9.17) is 18.9 Å². The van der Waals surface area contributed by atoms with Crippen molar-refractivity contribution in [3.05, 3.63) is 48.3 Å². The number of benzene rings is 1. The fourth-order valence-corrected chi connectivity index (χ4v) is 3.53. The van der Waals surface area contributed by atoms with Crippen LogP contribution in [0.2, 0.25) is 0 Å². The molecule has 0 saturated carbocycles. The number of hydrogen-bond donors (Lipinski definition) is 0. The molecule has 1 aromatic heterocycles. The zero-order valence-electron chi connectivity index (χ0n) is 21.1. The lowest BCUT2D eigenvalue weighted by atomic mass is 10.0. The standard InChI is InChI=1S/C27H35NO7/c1-6-7-9-14-23(19(3)33-21-12-10-8-11-13-21)35-27(31)18(2)17-22(30)25-26(34-20(4)29)24(32-5)15-16-28-25/h8,10-13,15-16,18-19,23H,6-7,9,14,17H2,1-5H3/t18-,19+,23-/m1/s1. The highest BCUT2D eigenvalue weighted by molar-refractivity contribution is 5.99. The van der Waals surface area contributed by atoms with Gasteiger partial charge in [0.1, 0.15) is 18.0 Å². The molecular weight excluding hydrogens is 450 g/mol. The predicted molar refractivity (Wildman–Crippen MR) is 131 cm³/mol. The smallest absolute Gasteiger partial charge is 0.309 e. The minimum Gasteiger partial charge on any atom is -0.493 e. The number of rotatable bonds is 14. The molecule has 2 rings (SSSR count). The van der Waals surface area contributed by atoms with Gasteiger partial charge in [-0.2, -0.15) is 0 Å². The summed E-state index contributed by atoms with van der Waals surface area (Å²) >= 11 is 0. The highest BCUT2D eigenvalue weighted by atomic mass is 16.6. The summed E-state index contributed by atoms with van der Waals surface area (Å²) < 4.78 is 22.2. The molecule has 3 atom stereocenters. The number of ether oxygens (including phenoxy) is 4. The summed E-state index contributed by atoms with van der Waals surface area (Å²) in [6.07, 6.45) is 4.00. The Morgan fingerprint density at radius 3 is 2.37 bits per heavy atom. The van der Waals surface area contributed by atoms with E-state index >= 15 is 0 Å². The normalized spacial score (nSPS) is 13.3. The monoisotopic (exact) mass is 485 g/mol. The van der Waals surface area contributed by atoms with Crippen molar-refractivity contribution in [3.63, 3.8) is 0 Å². The molecule has 0 N–H and O–H groups in total. The van der Waals surface area contributed by atoms with Gasteiger partial charge in [0.2, 0.25) is 5.75 Å². The summed E-state index contributed by atoms with van der Waals surface area (Å²) in [4.78, 5) is 41.5. The number of carbonyl (C=O) groups excluding carboxylic acids is 3. The van der Waals surface area contributed by atoms with Crippen LogP contribution in [0.5, 0.6) is 17.2 Å². The summed E-state index contributed by atoms with van der Waals surface area (Å²) in [7, 11) is 1.40. The molecule has 1 heterocycles. The van der Waals surface area contributed by atoms with Crippen LogP contribution in [0.15, 0.2) is 42.6 Å². The van der Waals surface area contributed by atoms with Gasteiger partial charge in [-0.3, -0.25) is 14.4 Å². The quantitative estimate of drug-likeness (QED) is 0.205. The number of nitrogens with zero attached hydrogens (tertiary/aromatic N) is 1. The number of carbonyl (C=O) groups is 3. The van der Waals surface area contributed by atoms with Crippen LogP contribution in [0.4, 0.5) is 0 Å². The van der Waals surface area contributed by atoms with Crippen molar-refractivity contribution >= 4 is 17.7 Å². The molecule has 0 amide bonds. The molecule has 0 aliphatic heterocycles. The third-order valence-electron chi connectivity index (χ3n) is 5.44. The van der Waals surface area contributed by atoms with Gasteiger partial charge in [-0.25, -0.2) is 4.98 Å². The highest BCUT2D eigenvalue weighted by Gasteiger charge is 2.29. The Morgan fingerprint density at radius 2 is 1.74 bits per heavy atom. The van der Waals surface area contributed by atoms with E-state index < -0.39 is 29.7 Å². The highest BCUT2D eigenvalue weighted by Crippen LogP contribution is 2.31. The number of unbranched alkanes of at least 4 members (excludes halogenated alkanes) is 2. The Balaban J connectivity index is 2.10. The first-order valence-electron chi connectivity index (χ1n) is 11.9. The molecule has 8 nitrogen and oxygen atoms in total. The van der Waals surface area contributed by atoms with Crippen molar-refractivity contribution < 1.29 is 33.3 Å². The fourth-order valence-electron chi connectivity index (χ4n) is 3.53. The lowest BCUT2D eigenvalue weighted by molar-refractivity contribution is -0.158. The molecule has 0 spiro atoms. The van der Waals surface area contributed by atoms with E-state index in [9.17, 15) is 14.4 Å². The molecule has 190 valence electrons. The SMILES string of the molecule is CCCCC[C@@H](OC(=O)[C@H](C)CC(=O)c1nccc(OC)c1OC(C)=O)[C@H](C)Oc1ccccc1. The molecule has 1 aromatic carbocycles. The minimum atomic E-state index is -0.738. The molecule has 0 saturated heterocycles. The van der Waals surface area contributed by atoms with Crippen molar-refractivity contribution in [2.75, 3.05) is 7.11 Å². The summed E-state index contributed by atoms with van der Waals surface area (Å²) in [5.74, 6) is -1.46. The Kier molecular flexibility index (Phi) is 11.2. The Hall–Kier alpha value is -3.42. The second kappa shape index (κ2) is 14.1. The van der Waals surface area contributed by atoms with E-state index in [2.05, 4.69) is 11.9 Å². The van der Waals surface area contributed by atoms with Crippen molar-refractivity contribution in [3.8, 4) is 17.2 Å². The second-order valence-corrected chi connectivity index (χ2v) is 8.42. The number of para-hydroxylation sites is 1. The van der Waals surface area contributed by atoms with Crippen LogP contribution in [-0.4, -0.2) is 42.0 Å². The average Bonchev–Trinajstić information content (AvgIpc) is 2.83. The Morgan fingerprint density at radius 1 is 1.03 bits per heavy atom. The van der Waals surface area contributed by atoms with Gasteiger partial charge in [0.05, 0.1) is 13.0 Å². The van der Waals surface area contributed by atoms with Crippen LogP contribution in [0.25, 0.3) is 0 Å². The van der Waals surface area contributed by atoms with E-state index in [1.165, 1.54) is 26.3 Å². The molecule has 0 fully saturated rings. The van der Waals surface area contributed by atoms with Gasteiger partial charge in [-0.15, -0.1) is 0 Å².